The number of benzene rings is 4. The van der Waals surface area contributed by atoms with Crippen molar-refractivity contribution in [2.75, 3.05) is 13.1 Å². The molecule has 3 heterocycles. The highest BCUT2D eigenvalue weighted by atomic mass is 19.3. The average molecular weight is 584 g/mol. The summed E-state index contributed by atoms with van der Waals surface area (Å²) in [7, 11) is 0. The van der Waals surface area contributed by atoms with Crippen molar-refractivity contribution in [2.45, 2.75) is 25.3 Å². The molecule has 6 aromatic rings. The minimum Gasteiger partial charge on any atom is -0.339 e. The van der Waals surface area contributed by atoms with Crippen LogP contribution in [0.4, 0.5) is 17.6 Å². The Bertz CT molecular complexity index is 1990. The van der Waals surface area contributed by atoms with Crippen molar-refractivity contribution in [3.8, 4) is 16.9 Å². The maximum atomic E-state index is 14.2. The lowest BCUT2D eigenvalue weighted by atomic mass is 9.95. The van der Waals surface area contributed by atoms with Crippen LogP contribution in [0.15, 0.2) is 91.0 Å². The zero-order chi connectivity index (χ0) is 29.7. The minimum absolute atomic E-state index is 0.206. The molecular weight excluding hydrogens is 558 g/mol. The lowest BCUT2D eigenvalue weighted by molar-refractivity contribution is 0.0634. The van der Waals surface area contributed by atoms with Gasteiger partial charge in [0.05, 0.1) is 22.2 Å². The predicted octanol–water partition coefficient (Wildman–Crippen LogP) is 7.74. The minimum atomic E-state index is -2.71. The molecule has 7 rings (SSSR count). The van der Waals surface area contributed by atoms with E-state index in [2.05, 4.69) is 4.98 Å². The first-order chi connectivity index (χ1) is 20.9. The molecule has 0 unspecified atom stereocenters. The molecular formula is C33H25F4N5O. The number of carbonyl (C=O) groups is 1. The summed E-state index contributed by atoms with van der Waals surface area (Å²) in [5.41, 5.74) is 3.41. The molecule has 0 N–H and O–H groups in total. The Balaban J connectivity index is 1.20. The topological polar surface area (TPSA) is 56.0 Å². The Kier molecular flexibility index (Phi) is 6.68. The van der Waals surface area contributed by atoms with E-state index in [1.807, 2.05) is 0 Å². The van der Waals surface area contributed by atoms with Crippen LogP contribution < -0.4 is 0 Å². The highest BCUT2D eigenvalue weighted by Gasteiger charge is 2.30. The number of likely N-dealkylation sites (tertiary alicyclic amines) is 1. The molecule has 216 valence electrons. The summed E-state index contributed by atoms with van der Waals surface area (Å²) >= 11 is 0. The van der Waals surface area contributed by atoms with Crippen molar-refractivity contribution in [3.05, 3.63) is 114 Å². The number of hydrogen-bond donors (Lipinski definition) is 0. The SMILES string of the molecule is O=C(c1ccc2c(-c3cccc(F)c3)nn(-c3cccc(F)c3)c2c1)N1CCC(c2nc3ccccc3n2C(F)F)CC1. The van der Waals surface area contributed by atoms with Gasteiger partial charge in [0.1, 0.15) is 23.2 Å². The smallest absolute Gasteiger partial charge is 0.320 e. The van der Waals surface area contributed by atoms with E-state index in [-0.39, 0.29) is 11.8 Å². The van der Waals surface area contributed by atoms with Crippen LogP contribution >= 0.6 is 0 Å². The highest BCUT2D eigenvalue weighted by molar-refractivity contribution is 6.01. The second-order valence-corrected chi connectivity index (χ2v) is 10.7. The number of aromatic nitrogens is 4. The van der Waals surface area contributed by atoms with Crippen LogP contribution in [0.2, 0.25) is 0 Å². The Morgan fingerprint density at radius 2 is 1.56 bits per heavy atom. The van der Waals surface area contributed by atoms with Crippen molar-refractivity contribution in [3.63, 3.8) is 0 Å². The summed E-state index contributed by atoms with van der Waals surface area (Å²) in [6, 6.07) is 24.0. The average Bonchev–Trinajstić information content (AvgIpc) is 3.60. The molecule has 1 aliphatic rings. The van der Waals surface area contributed by atoms with Crippen molar-refractivity contribution in [1.82, 2.24) is 24.2 Å². The Morgan fingerprint density at radius 3 is 2.30 bits per heavy atom. The zero-order valence-corrected chi connectivity index (χ0v) is 22.8. The zero-order valence-electron chi connectivity index (χ0n) is 22.8. The molecule has 1 saturated heterocycles. The predicted molar refractivity (Wildman–Crippen MR) is 155 cm³/mol. The van der Waals surface area contributed by atoms with Gasteiger partial charge in [0.2, 0.25) is 0 Å². The maximum Gasteiger partial charge on any atom is 0.320 e. The fourth-order valence-electron chi connectivity index (χ4n) is 5.98. The molecule has 1 fully saturated rings. The lowest BCUT2D eigenvalue weighted by Crippen LogP contribution is -2.38. The quantitative estimate of drug-likeness (QED) is 0.195. The van der Waals surface area contributed by atoms with E-state index < -0.39 is 18.2 Å². The molecule has 0 bridgehead atoms. The molecule has 6 nitrogen and oxygen atoms in total. The van der Waals surface area contributed by atoms with Gasteiger partial charge < -0.3 is 4.90 Å². The molecule has 0 saturated carbocycles. The fourth-order valence-corrected chi connectivity index (χ4v) is 5.98. The number of carbonyl (C=O) groups excluding carboxylic acids is 1. The maximum absolute atomic E-state index is 14.2. The second kappa shape index (κ2) is 10.7. The third-order valence-electron chi connectivity index (χ3n) is 8.04. The monoisotopic (exact) mass is 583 g/mol. The molecule has 4 aromatic carbocycles. The van der Waals surface area contributed by atoms with Crippen LogP contribution in [0.5, 0.6) is 0 Å². The number of piperidine rings is 1. The van der Waals surface area contributed by atoms with Crippen molar-refractivity contribution in [2.24, 2.45) is 0 Å². The Morgan fingerprint density at radius 1 is 0.814 bits per heavy atom. The lowest BCUT2D eigenvalue weighted by Gasteiger charge is -2.32. The largest absolute Gasteiger partial charge is 0.339 e. The number of hydrogen-bond acceptors (Lipinski definition) is 3. The Labute approximate surface area is 243 Å². The molecule has 43 heavy (non-hydrogen) atoms. The number of nitrogens with zero attached hydrogens (tertiary/aromatic N) is 5. The van der Waals surface area contributed by atoms with Crippen LogP contribution in [-0.4, -0.2) is 43.2 Å². The summed E-state index contributed by atoms with van der Waals surface area (Å²) in [5.74, 6) is -0.930. The van der Waals surface area contributed by atoms with Crippen molar-refractivity contribution < 1.29 is 22.4 Å². The molecule has 0 atom stereocenters. The van der Waals surface area contributed by atoms with E-state index in [0.29, 0.717) is 76.2 Å². The normalized spacial score (nSPS) is 14.3. The van der Waals surface area contributed by atoms with E-state index in [4.69, 9.17) is 5.10 Å². The molecule has 1 amide bonds. The molecule has 0 radical (unpaired) electrons. The Hall–Kier alpha value is -4.99. The third kappa shape index (κ3) is 4.82. The van der Waals surface area contributed by atoms with Crippen molar-refractivity contribution >= 4 is 27.8 Å². The van der Waals surface area contributed by atoms with Gasteiger partial charge in [0.25, 0.3) is 5.91 Å². The van der Waals surface area contributed by atoms with Gasteiger partial charge in [0, 0.05) is 35.5 Å². The first-order valence-corrected chi connectivity index (χ1v) is 14.0. The number of para-hydroxylation sites is 2. The number of imidazole rings is 1. The number of halogens is 4. The molecule has 0 aliphatic carbocycles. The van der Waals surface area contributed by atoms with Gasteiger partial charge in [-0.25, -0.2) is 18.4 Å². The van der Waals surface area contributed by atoms with Gasteiger partial charge in [-0.1, -0.05) is 30.3 Å². The van der Waals surface area contributed by atoms with Crippen LogP contribution in [0.1, 0.15) is 41.5 Å². The summed E-state index contributed by atoms with van der Waals surface area (Å²) in [5, 5.41) is 5.37. The summed E-state index contributed by atoms with van der Waals surface area (Å²) in [6.07, 6.45) is 0.990. The molecule has 0 spiro atoms. The number of fused-ring (bicyclic) bond motifs is 2. The summed E-state index contributed by atoms with van der Waals surface area (Å²) in [4.78, 5) is 19.9. The van der Waals surface area contributed by atoms with Crippen molar-refractivity contribution in [1.29, 1.82) is 0 Å². The molecule has 1 aliphatic heterocycles. The van der Waals surface area contributed by atoms with E-state index in [0.717, 1.165) is 4.57 Å². The van der Waals surface area contributed by atoms with Gasteiger partial charge >= 0.3 is 6.55 Å². The van der Waals surface area contributed by atoms with E-state index in [1.165, 1.54) is 24.3 Å². The van der Waals surface area contributed by atoms with Gasteiger partial charge in [-0.3, -0.25) is 9.36 Å². The molecule has 10 heteroatoms. The van der Waals surface area contributed by atoms with Crippen LogP contribution in [0.3, 0.4) is 0 Å². The van der Waals surface area contributed by atoms with Gasteiger partial charge in [-0.15, -0.1) is 0 Å². The van der Waals surface area contributed by atoms with Gasteiger partial charge in [0.15, 0.2) is 0 Å². The van der Waals surface area contributed by atoms with Crippen LogP contribution in [0, 0.1) is 11.6 Å². The number of rotatable bonds is 5. The summed E-state index contributed by atoms with van der Waals surface area (Å²) in [6.45, 7) is -1.95. The first kappa shape index (κ1) is 26.9. The number of amides is 1. The van der Waals surface area contributed by atoms with E-state index >= 15 is 0 Å². The van der Waals surface area contributed by atoms with Crippen LogP contribution in [0.25, 0.3) is 38.9 Å². The first-order valence-electron chi connectivity index (χ1n) is 14.0. The van der Waals surface area contributed by atoms with Crippen LogP contribution in [-0.2, 0) is 0 Å². The summed E-state index contributed by atoms with van der Waals surface area (Å²) < 4.78 is 58.8. The molecule has 2 aromatic heterocycles. The van der Waals surface area contributed by atoms with E-state index in [1.54, 1.807) is 76.3 Å². The van der Waals surface area contributed by atoms with Gasteiger partial charge in [-0.05, 0) is 73.5 Å². The number of alkyl halides is 2. The van der Waals surface area contributed by atoms with E-state index in [9.17, 15) is 22.4 Å². The fraction of sp³-hybridized carbons (Fsp3) is 0.182. The second-order valence-electron chi connectivity index (χ2n) is 10.7. The highest BCUT2D eigenvalue weighted by Crippen LogP contribution is 2.35. The van der Waals surface area contributed by atoms with Gasteiger partial charge in [-0.2, -0.15) is 13.9 Å². The standard InChI is InChI=1S/C33H25F4N5O/c34-23-6-3-5-21(17-23)30-26-12-11-22(18-29(26)42(39-30)25-8-4-7-24(35)19-25)32(43)40-15-13-20(14-16-40)31-38-27-9-1-2-10-28(27)41(31)33(36)37/h1-12,17-20,33H,13-16H2. The third-order valence-corrected chi connectivity index (χ3v) is 8.04.